The second kappa shape index (κ2) is 22.2. The number of rotatable bonds is 17. The molecular formula is C35H56N2O26. The normalized spacial score (nSPS) is 41.7. The molecule has 28 nitrogen and oxygen atoms in total. The molecule has 4 heterocycles. The molecule has 0 saturated carbocycles. The van der Waals surface area contributed by atoms with Crippen LogP contribution < -0.4 is 10.6 Å². The number of amides is 2. The number of hydrogen-bond acceptors (Lipinski definition) is 25. The number of carboxylic acid groups (broad SMARTS) is 1. The highest BCUT2D eigenvalue weighted by atomic mass is 16.8. The van der Waals surface area contributed by atoms with Crippen molar-refractivity contribution in [1.29, 1.82) is 0 Å². The SMILES string of the molecule is CC(=O)N[C@@H]1[C@@H](O[C@@H]2O[C@H](CO)[C@H](O)[C@H](O[C@]3(C(=O)O)C[C@H](O[C@H]4O[C@H](CO)[C@H](O)[C@H](O)[C@H]4O)[C@@H](NC(C)=O)[C@H]([C@H](OC(C)=O)[C@H](O)COC(C)=O)O3)[C@H]2O)[C@@H](O)[C@@H](CO)O[C@H]1O. The quantitative estimate of drug-likeness (QED) is 0.0602. The van der Waals surface area contributed by atoms with E-state index in [0.29, 0.717) is 0 Å². The number of ether oxygens (including phenoxy) is 9. The third kappa shape index (κ3) is 12.1. The van der Waals surface area contributed by atoms with E-state index in [2.05, 4.69) is 10.6 Å². The zero-order chi connectivity index (χ0) is 47.2. The summed E-state index contributed by atoms with van der Waals surface area (Å²) in [6, 6.07) is -3.44. The van der Waals surface area contributed by atoms with Gasteiger partial charge < -0.3 is 115 Å². The summed E-state index contributed by atoms with van der Waals surface area (Å²) in [4.78, 5) is 62.5. The minimum atomic E-state index is -3.33. The lowest BCUT2D eigenvalue weighted by atomic mass is 9.87. The van der Waals surface area contributed by atoms with Gasteiger partial charge in [0.1, 0.15) is 92.0 Å². The fraction of sp³-hybridized carbons (Fsp3) is 0.857. The molecule has 0 bridgehead atoms. The van der Waals surface area contributed by atoms with Crippen molar-refractivity contribution in [3.8, 4) is 0 Å². The Morgan fingerprint density at radius 1 is 0.667 bits per heavy atom. The van der Waals surface area contributed by atoms with E-state index >= 15 is 0 Å². The first-order valence-electron chi connectivity index (χ1n) is 19.5. The van der Waals surface area contributed by atoms with Crippen LogP contribution in [0, 0.1) is 0 Å². The molecule has 2 amide bonds. The van der Waals surface area contributed by atoms with Crippen molar-refractivity contribution in [3.05, 3.63) is 0 Å². The Hall–Kier alpha value is -3.37. The summed E-state index contributed by atoms with van der Waals surface area (Å²) in [6.45, 7) is -0.121. The fourth-order valence-electron chi connectivity index (χ4n) is 7.54. The third-order valence-corrected chi connectivity index (χ3v) is 10.5. The van der Waals surface area contributed by atoms with Crippen LogP contribution in [0.3, 0.4) is 0 Å². The van der Waals surface area contributed by atoms with Crippen molar-refractivity contribution in [3.63, 3.8) is 0 Å². The molecule has 4 aliphatic heterocycles. The smallest absolute Gasteiger partial charge is 0.364 e. The molecule has 4 saturated heterocycles. The second-order valence-corrected chi connectivity index (χ2v) is 15.2. The number of nitrogens with one attached hydrogen (secondary N) is 2. The summed E-state index contributed by atoms with van der Waals surface area (Å²) in [7, 11) is 0. The molecule has 4 aliphatic rings. The minimum Gasteiger partial charge on any atom is -0.477 e. The van der Waals surface area contributed by atoms with Crippen LogP contribution in [-0.2, 0) is 66.6 Å². The summed E-state index contributed by atoms with van der Waals surface area (Å²) in [5.74, 6) is -9.25. The van der Waals surface area contributed by atoms with Crippen LogP contribution in [0.5, 0.6) is 0 Å². The van der Waals surface area contributed by atoms with Crippen molar-refractivity contribution in [2.45, 2.75) is 162 Å². The van der Waals surface area contributed by atoms with Gasteiger partial charge in [-0.3, -0.25) is 19.2 Å². The predicted molar refractivity (Wildman–Crippen MR) is 193 cm³/mol. The molecule has 14 N–H and O–H groups in total. The van der Waals surface area contributed by atoms with Gasteiger partial charge in [0.05, 0.1) is 32.0 Å². The summed E-state index contributed by atoms with van der Waals surface area (Å²) in [6.07, 6.45) is -37.6. The summed E-state index contributed by atoms with van der Waals surface area (Å²) in [5.41, 5.74) is 0. The highest BCUT2D eigenvalue weighted by Crippen LogP contribution is 2.41. The molecule has 28 heteroatoms. The molecule has 362 valence electrons. The average molecular weight is 921 g/mol. The zero-order valence-electron chi connectivity index (χ0n) is 34.2. The number of hydrogen-bond donors (Lipinski definition) is 14. The number of carbonyl (C=O) groups is 5. The van der Waals surface area contributed by atoms with Gasteiger partial charge in [0.25, 0.3) is 5.79 Å². The molecule has 0 aromatic rings. The Labute approximate surface area is 357 Å². The van der Waals surface area contributed by atoms with Crippen LogP contribution in [-0.4, -0.2) is 246 Å². The molecule has 0 aromatic heterocycles. The monoisotopic (exact) mass is 920 g/mol. The molecule has 0 spiro atoms. The van der Waals surface area contributed by atoms with Crippen LogP contribution in [0.1, 0.15) is 34.1 Å². The average Bonchev–Trinajstić information content (AvgIpc) is 3.21. The molecular weight excluding hydrogens is 864 g/mol. The van der Waals surface area contributed by atoms with Gasteiger partial charge in [-0.05, 0) is 0 Å². The first-order valence-corrected chi connectivity index (χ1v) is 19.5. The van der Waals surface area contributed by atoms with Gasteiger partial charge in [-0.1, -0.05) is 0 Å². The van der Waals surface area contributed by atoms with E-state index < -0.39 is 191 Å². The van der Waals surface area contributed by atoms with Crippen molar-refractivity contribution in [2.75, 3.05) is 26.4 Å². The summed E-state index contributed by atoms with van der Waals surface area (Å²) in [5, 5.41) is 133. The van der Waals surface area contributed by atoms with E-state index in [-0.39, 0.29) is 0 Å². The van der Waals surface area contributed by atoms with Gasteiger partial charge >= 0.3 is 17.9 Å². The van der Waals surface area contributed by atoms with Gasteiger partial charge in [0.2, 0.25) is 11.8 Å². The van der Waals surface area contributed by atoms with E-state index in [1.54, 1.807) is 0 Å². The fourth-order valence-corrected chi connectivity index (χ4v) is 7.54. The lowest BCUT2D eigenvalue weighted by Crippen LogP contribution is -2.72. The maximum absolute atomic E-state index is 13.6. The Balaban J connectivity index is 1.85. The van der Waals surface area contributed by atoms with Crippen molar-refractivity contribution < 1.29 is 128 Å². The maximum Gasteiger partial charge on any atom is 0.364 e. The van der Waals surface area contributed by atoms with Gasteiger partial charge in [-0.2, -0.15) is 0 Å². The Morgan fingerprint density at radius 3 is 1.71 bits per heavy atom. The molecule has 0 aromatic carbocycles. The third-order valence-electron chi connectivity index (χ3n) is 10.5. The molecule has 21 atom stereocenters. The van der Waals surface area contributed by atoms with Crippen molar-refractivity contribution in [2.24, 2.45) is 0 Å². The summed E-state index contributed by atoms with van der Waals surface area (Å²) >= 11 is 0. The highest BCUT2D eigenvalue weighted by Gasteiger charge is 2.62. The Bertz CT molecular complexity index is 1580. The first-order chi connectivity index (χ1) is 29.5. The van der Waals surface area contributed by atoms with Gasteiger partial charge in [0.15, 0.2) is 25.0 Å². The number of aliphatic hydroxyl groups is 11. The predicted octanol–water partition coefficient (Wildman–Crippen LogP) is -9.11. The van der Waals surface area contributed by atoms with Gasteiger partial charge in [-0.15, -0.1) is 0 Å². The number of aliphatic carboxylic acids is 1. The van der Waals surface area contributed by atoms with Crippen molar-refractivity contribution in [1.82, 2.24) is 10.6 Å². The largest absolute Gasteiger partial charge is 0.477 e. The van der Waals surface area contributed by atoms with E-state index in [4.69, 9.17) is 42.6 Å². The van der Waals surface area contributed by atoms with Crippen LogP contribution in [0.2, 0.25) is 0 Å². The molecule has 4 fully saturated rings. The maximum atomic E-state index is 13.6. The standard InChI is InChI=1S/C35H56N2O26/c1-10(41)36-19-15(58-32-25(50)24(49)21(46)16(6-38)59-32)5-35(34(53)54,62-29(19)27(56-13(4)44)14(45)9-55-12(3)43)63-30-23(48)18(8-40)60-33(26(30)51)61-28-20(37-11(2)42)31(52)57-17(7-39)22(28)47/h14-33,38-40,45-52H,5-9H2,1-4H3,(H,36,41)(H,37,42)(H,53,54)/t14-,15+,16-,17-,18-,19-,20-,21+,22+,23+,24+,25-,26-,27-,28-,29-,30+,31-,32+,33+,35+/m1/s1. The molecule has 0 unspecified atom stereocenters. The summed E-state index contributed by atoms with van der Waals surface area (Å²) < 4.78 is 49.9. The lowest BCUT2D eigenvalue weighted by Gasteiger charge is -2.52. The zero-order valence-corrected chi connectivity index (χ0v) is 34.2. The lowest BCUT2D eigenvalue weighted by molar-refractivity contribution is -0.388. The van der Waals surface area contributed by atoms with Crippen LogP contribution >= 0.6 is 0 Å². The Kier molecular flexibility index (Phi) is 18.4. The van der Waals surface area contributed by atoms with Crippen LogP contribution in [0.15, 0.2) is 0 Å². The first kappa shape index (κ1) is 52.3. The number of aliphatic hydroxyl groups excluding tert-OH is 11. The molecule has 0 radical (unpaired) electrons. The van der Waals surface area contributed by atoms with E-state index in [0.717, 1.165) is 27.7 Å². The molecule has 4 rings (SSSR count). The van der Waals surface area contributed by atoms with Crippen molar-refractivity contribution >= 4 is 29.7 Å². The van der Waals surface area contributed by atoms with Crippen LogP contribution in [0.25, 0.3) is 0 Å². The van der Waals surface area contributed by atoms with Gasteiger partial charge in [-0.25, -0.2) is 4.79 Å². The van der Waals surface area contributed by atoms with Crippen LogP contribution in [0.4, 0.5) is 0 Å². The number of carboxylic acids is 1. The Morgan fingerprint density at radius 2 is 1.19 bits per heavy atom. The number of carbonyl (C=O) groups excluding carboxylic acids is 4. The minimum absolute atomic E-state index is 0.781. The number of esters is 2. The van der Waals surface area contributed by atoms with Gasteiger partial charge in [0, 0.05) is 34.1 Å². The topological polar surface area (TPSA) is 435 Å². The highest BCUT2D eigenvalue weighted by molar-refractivity contribution is 5.77. The van der Waals surface area contributed by atoms with E-state index in [9.17, 15) is 85.3 Å². The van der Waals surface area contributed by atoms with E-state index in [1.807, 2.05) is 0 Å². The second-order valence-electron chi connectivity index (χ2n) is 15.2. The van der Waals surface area contributed by atoms with E-state index in [1.165, 1.54) is 0 Å². The molecule has 63 heavy (non-hydrogen) atoms. The molecule has 0 aliphatic carbocycles.